The van der Waals surface area contributed by atoms with E-state index in [1.54, 1.807) is 0 Å². The number of benzene rings is 2. The van der Waals surface area contributed by atoms with Gasteiger partial charge in [-0.2, -0.15) is 0 Å². The highest BCUT2D eigenvalue weighted by Gasteiger charge is 2.00. The van der Waals surface area contributed by atoms with Crippen molar-refractivity contribution < 1.29 is 4.84 Å². The maximum Gasteiger partial charge on any atom is 0.147 e. The van der Waals surface area contributed by atoms with Crippen molar-refractivity contribution in [2.75, 3.05) is 13.6 Å². The van der Waals surface area contributed by atoms with Gasteiger partial charge in [-0.3, -0.25) is 0 Å². The summed E-state index contributed by atoms with van der Waals surface area (Å²) >= 11 is 0. The molecule has 0 saturated heterocycles. The molecule has 18 heavy (non-hydrogen) atoms. The van der Waals surface area contributed by atoms with E-state index in [1.807, 2.05) is 48.5 Å². The summed E-state index contributed by atoms with van der Waals surface area (Å²) in [7, 11) is 1.97. The molecule has 0 fully saturated rings. The van der Waals surface area contributed by atoms with E-state index in [4.69, 9.17) is 4.84 Å². The zero-order valence-corrected chi connectivity index (χ0v) is 10.8. The van der Waals surface area contributed by atoms with Crippen molar-refractivity contribution in [3.8, 4) is 5.75 Å². The molecule has 2 aromatic rings. The molecule has 0 spiro atoms. The molecule has 0 atom stereocenters. The molecule has 0 radical (unpaired) electrons. The Morgan fingerprint density at radius 3 is 2.17 bits per heavy atom. The fourth-order valence-electron chi connectivity index (χ4n) is 1.86. The van der Waals surface area contributed by atoms with Crippen molar-refractivity contribution in [1.82, 2.24) is 5.06 Å². The summed E-state index contributed by atoms with van der Waals surface area (Å²) in [5.74, 6) is 0.889. The van der Waals surface area contributed by atoms with Gasteiger partial charge in [0, 0.05) is 13.6 Å². The topological polar surface area (TPSA) is 12.5 Å². The molecule has 2 aromatic carbocycles. The summed E-state index contributed by atoms with van der Waals surface area (Å²) in [4.78, 5) is 5.69. The lowest BCUT2D eigenvalue weighted by atomic mass is 10.1. The van der Waals surface area contributed by atoms with Crippen LogP contribution in [0.1, 0.15) is 12.0 Å². The second-order valence-corrected chi connectivity index (χ2v) is 4.34. The van der Waals surface area contributed by atoms with Crippen LogP contribution in [-0.2, 0) is 6.42 Å². The van der Waals surface area contributed by atoms with Gasteiger partial charge in [-0.15, -0.1) is 5.06 Å². The highest BCUT2D eigenvalue weighted by molar-refractivity contribution is 5.20. The normalized spacial score (nSPS) is 10.6. The summed E-state index contributed by atoms with van der Waals surface area (Å²) in [5.41, 5.74) is 1.38. The van der Waals surface area contributed by atoms with Crippen LogP contribution in [0.2, 0.25) is 0 Å². The molecule has 0 heterocycles. The zero-order chi connectivity index (χ0) is 12.6. The molecule has 0 aromatic heterocycles. The molecule has 94 valence electrons. The highest BCUT2D eigenvalue weighted by Crippen LogP contribution is 2.10. The molecule has 2 heteroatoms. The second kappa shape index (κ2) is 6.82. The van der Waals surface area contributed by atoms with Crippen molar-refractivity contribution in [2.45, 2.75) is 12.8 Å². The lowest BCUT2D eigenvalue weighted by Gasteiger charge is -2.17. The number of para-hydroxylation sites is 1. The smallest absolute Gasteiger partial charge is 0.147 e. The van der Waals surface area contributed by atoms with Gasteiger partial charge in [0.25, 0.3) is 0 Å². The van der Waals surface area contributed by atoms with E-state index in [1.165, 1.54) is 5.56 Å². The van der Waals surface area contributed by atoms with Crippen molar-refractivity contribution >= 4 is 0 Å². The van der Waals surface area contributed by atoms with Crippen LogP contribution in [0.4, 0.5) is 0 Å². The number of hydroxylamine groups is 2. The minimum atomic E-state index is 0.889. The quantitative estimate of drug-likeness (QED) is 0.717. The monoisotopic (exact) mass is 241 g/mol. The lowest BCUT2D eigenvalue weighted by molar-refractivity contribution is -0.0322. The van der Waals surface area contributed by atoms with Crippen LogP contribution >= 0.6 is 0 Å². The Balaban J connectivity index is 1.71. The minimum Gasteiger partial charge on any atom is -0.406 e. The van der Waals surface area contributed by atoms with E-state index in [9.17, 15) is 0 Å². The first kappa shape index (κ1) is 12.7. The molecule has 0 aliphatic rings. The minimum absolute atomic E-state index is 0.889. The van der Waals surface area contributed by atoms with Crippen molar-refractivity contribution in [3.63, 3.8) is 0 Å². The van der Waals surface area contributed by atoms with E-state index < -0.39 is 0 Å². The molecule has 0 saturated carbocycles. The molecule has 0 bridgehead atoms. The van der Waals surface area contributed by atoms with Gasteiger partial charge in [0.15, 0.2) is 0 Å². The maximum absolute atomic E-state index is 5.69. The largest absolute Gasteiger partial charge is 0.406 e. The van der Waals surface area contributed by atoms with Crippen LogP contribution in [-0.4, -0.2) is 18.7 Å². The Morgan fingerprint density at radius 1 is 0.889 bits per heavy atom. The third kappa shape index (κ3) is 4.22. The summed E-state index contributed by atoms with van der Waals surface area (Å²) in [6.45, 7) is 0.920. The molecule has 2 nitrogen and oxygen atoms in total. The van der Waals surface area contributed by atoms with Crippen LogP contribution in [0.3, 0.4) is 0 Å². The van der Waals surface area contributed by atoms with E-state index in [2.05, 4.69) is 24.3 Å². The second-order valence-electron chi connectivity index (χ2n) is 4.34. The van der Waals surface area contributed by atoms with Crippen molar-refractivity contribution in [2.24, 2.45) is 0 Å². The third-order valence-corrected chi connectivity index (χ3v) is 2.79. The Morgan fingerprint density at radius 2 is 1.50 bits per heavy atom. The number of nitrogens with zero attached hydrogens (tertiary/aromatic N) is 1. The van der Waals surface area contributed by atoms with Gasteiger partial charge in [0.05, 0.1) is 0 Å². The van der Waals surface area contributed by atoms with Crippen LogP contribution in [0.5, 0.6) is 5.75 Å². The molecule has 0 amide bonds. The summed E-state index contributed by atoms with van der Waals surface area (Å²) in [6, 6.07) is 20.4. The Labute approximate surface area is 109 Å². The lowest BCUT2D eigenvalue weighted by Crippen LogP contribution is -2.24. The average molecular weight is 241 g/mol. The van der Waals surface area contributed by atoms with Crippen molar-refractivity contribution in [1.29, 1.82) is 0 Å². The molecular formula is C16H19NO. The molecule has 0 aliphatic heterocycles. The summed E-state index contributed by atoms with van der Waals surface area (Å²) < 4.78 is 0. The van der Waals surface area contributed by atoms with Gasteiger partial charge >= 0.3 is 0 Å². The van der Waals surface area contributed by atoms with Gasteiger partial charge in [-0.05, 0) is 30.5 Å². The van der Waals surface area contributed by atoms with E-state index in [-0.39, 0.29) is 0 Å². The molecule has 0 unspecified atom stereocenters. The zero-order valence-electron chi connectivity index (χ0n) is 10.8. The molecule has 0 N–H and O–H groups in total. The van der Waals surface area contributed by atoms with E-state index in [0.29, 0.717) is 0 Å². The fourth-order valence-corrected chi connectivity index (χ4v) is 1.86. The van der Waals surface area contributed by atoms with Crippen LogP contribution in [0, 0.1) is 0 Å². The maximum atomic E-state index is 5.69. The van der Waals surface area contributed by atoms with Crippen molar-refractivity contribution in [3.05, 3.63) is 66.2 Å². The van der Waals surface area contributed by atoms with Crippen LogP contribution in [0.15, 0.2) is 60.7 Å². The van der Waals surface area contributed by atoms with Gasteiger partial charge in [-0.25, -0.2) is 0 Å². The first-order valence-electron chi connectivity index (χ1n) is 6.33. The average Bonchev–Trinajstić information content (AvgIpc) is 2.41. The van der Waals surface area contributed by atoms with E-state index >= 15 is 0 Å². The summed E-state index contributed by atoms with van der Waals surface area (Å²) in [5, 5.41) is 1.89. The van der Waals surface area contributed by atoms with Crippen LogP contribution in [0.25, 0.3) is 0 Å². The number of hydrogen-bond donors (Lipinski definition) is 0. The van der Waals surface area contributed by atoms with Crippen LogP contribution < -0.4 is 4.84 Å². The fraction of sp³-hybridized carbons (Fsp3) is 0.250. The Hall–Kier alpha value is -1.80. The number of rotatable bonds is 6. The predicted octanol–water partition coefficient (Wildman–Crippen LogP) is 3.55. The van der Waals surface area contributed by atoms with E-state index in [0.717, 1.165) is 25.1 Å². The number of aryl methyl sites for hydroxylation is 1. The van der Waals surface area contributed by atoms with Gasteiger partial charge in [0.1, 0.15) is 5.75 Å². The first-order chi connectivity index (χ1) is 8.84. The summed E-state index contributed by atoms with van der Waals surface area (Å²) in [6.07, 6.45) is 2.18. The number of hydrogen-bond acceptors (Lipinski definition) is 2. The molecular weight excluding hydrogens is 222 g/mol. The van der Waals surface area contributed by atoms with Gasteiger partial charge in [0.2, 0.25) is 0 Å². The standard InChI is InChI=1S/C16H19NO/c1-17(18-16-12-6-3-7-13-16)14-8-11-15-9-4-2-5-10-15/h2-7,9-10,12-13H,8,11,14H2,1H3. The highest BCUT2D eigenvalue weighted by atomic mass is 16.7. The predicted molar refractivity (Wildman–Crippen MR) is 74.5 cm³/mol. The van der Waals surface area contributed by atoms with Gasteiger partial charge < -0.3 is 4.84 Å². The Bertz CT molecular complexity index is 441. The van der Waals surface area contributed by atoms with Gasteiger partial charge in [-0.1, -0.05) is 48.5 Å². The Kier molecular flexibility index (Phi) is 4.79. The molecule has 0 aliphatic carbocycles. The first-order valence-corrected chi connectivity index (χ1v) is 6.33. The molecule has 2 rings (SSSR count). The third-order valence-electron chi connectivity index (χ3n) is 2.79. The SMILES string of the molecule is CN(CCCc1ccccc1)Oc1ccccc1.